The molecule has 10 heteroatoms. The van der Waals surface area contributed by atoms with Crippen LogP contribution in [0.25, 0.3) is 0 Å². The number of benzene rings is 1. The van der Waals surface area contributed by atoms with E-state index in [0.717, 1.165) is 42.7 Å². The Labute approximate surface area is 178 Å². The van der Waals surface area contributed by atoms with Crippen LogP contribution in [0.3, 0.4) is 0 Å². The fraction of sp³-hybridized carbons (Fsp3) is 0.500. The second-order valence-corrected chi connectivity index (χ2v) is 7.97. The van der Waals surface area contributed by atoms with Crippen molar-refractivity contribution in [3.05, 3.63) is 40.4 Å². The highest BCUT2D eigenvalue weighted by Crippen LogP contribution is 2.25. The fourth-order valence-electron chi connectivity index (χ4n) is 2.79. The van der Waals surface area contributed by atoms with E-state index in [4.69, 9.17) is 0 Å². The molecule has 1 heterocycles. The lowest BCUT2D eigenvalue weighted by atomic mass is 10.1. The highest BCUT2D eigenvalue weighted by molar-refractivity contribution is 7.15. The summed E-state index contributed by atoms with van der Waals surface area (Å²) in [6.07, 6.45) is 1.02. The molecule has 2 aromatic rings. The lowest BCUT2D eigenvalue weighted by Crippen LogP contribution is -2.44. The van der Waals surface area contributed by atoms with Gasteiger partial charge < -0.3 is 10.6 Å². The maximum absolute atomic E-state index is 13.3. The SMILES string of the molecule is CCNCCC(C)c1nnc(NC(=O)C(CC)NC(=O)Cc2cc(F)cc(F)c2)s1. The summed E-state index contributed by atoms with van der Waals surface area (Å²) in [7, 11) is 0. The number of rotatable bonds is 11. The molecule has 3 N–H and O–H groups in total. The molecular formula is C20H27F2N5O2S. The van der Waals surface area contributed by atoms with Crippen molar-refractivity contribution < 1.29 is 18.4 Å². The Balaban J connectivity index is 1.90. The number of nitrogens with zero attached hydrogens (tertiary/aromatic N) is 2. The molecule has 30 heavy (non-hydrogen) atoms. The smallest absolute Gasteiger partial charge is 0.248 e. The molecule has 0 aliphatic carbocycles. The minimum Gasteiger partial charge on any atom is -0.344 e. The zero-order valence-corrected chi connectivity index (χ0v) is 18.1. The number of halogens is 2. The molecule has 164 valence electrons. The predicted octanol–water partition coefficient (Wildman–Crippen LogP) is 3.00. The molecule has 0 aliphatic rings. The van der Waals surface area contributed by atoms with Gasteiger partial charge in [-0.2, -0.15) is 0 Å². The number of hydrogen-bond acceptors (Lipinski definition) is 6. The van der Waals surface area contributed by atoms with Crippen molar-refractivity contribution in [1.29, 1.82) is 0 Å². The normalized spacial score (nSPS) is 13.0. The highest BCUT2D eigenvalue weighted by atomic mass is 32.1. The molecule has 0 saturated carbocycles. The molecule has 2 rings (SSSR count). The van der Waals surface area contributed by atoms with E-state index in [0.29, 0.717) is 11.6 Å². The van der Waals surface area contributed by atoms with Gasteiger partial charge in [0.15, 0.2) is 0 Å². The van der Waals surface area contributed by atoms with Crippen molar-refractivity contribution in [2.24, 2.45) is 0 Å². The van der Waals surface area contributed by atoms with E-state index in [1.54, 1.807) is 6.92 Å². The third-order valence-corrected chi connectivity index (χ3v) is 5.51. The standard InChI is InChI=1S/C20H27F2N5O2S/c1-4-16(24-17(28)10-13-8-14(21)11-15(22)9-13)18(29)25-20-27-26-19(30-20)12(3)6-7-23-5-2/h8-9,11-12,16,23H,4-7,10H2,1-3H3,(H,24,28)(H,25,27,29). The molecule has 1 aromatic carbocycles. The minimum atomic E-state index is -0.797. The molecule has 0 radical (unpaired) electrons. The van der Waals surface area contributed by atoms with Crippen molar-refractivity contribution in [2.75, 3.05) is 18.4 Å². The molecular weight excluding hydrogens is 412 g/mol. The molecule has 2 amide bonds. The molecule has 2 atom stereocenters. The summed E-state index contributed by atoms with van der Waals surface area (Å²) < 4.78 is 26.5. The summed E-state index contributed by atoms with van der Waals surface area (Å²) in [6.45, 7) is 7.62. The Bertz CT molecular complexity index is 841. The average molecular weight is 440 g/mol. The second-order valence-electron chi connectivity index (χ2n) is 6.96. The van der Waals surface area contributed by atoms with Crippen LogP contribution in [0.15, 0.2) is 18.2 Å². The third kappa shape index (κ3) is 7.42. The number of nitrogens with one attached hydrogen (secondary N) is 3. The second kappa shape index (κ2) is 11.7. The van der Waals surface area contributed by atoms with E-state index in [9.17, 15) is 18.4 Å². The number of anilines is 1. The van der Waals surface area contributed by atoms with Crippen LogP contribution in [0.4, 0.5) is 13.9 Å². The summed E-state index contributed by atoms with van der Waals surface area (Å²) >= 11 is 1.30. The monoisotopic (exact) mass is 439 g/mol. The summed E-state index contributed by atoms with van der Waals surface area (Å²) in [5, 5.41) is 17.9. The first-order valence-electron chi connectivity index (χ1n) is 9.91. The summed E-state index contributed by atoms with van der Waals surface area (Å²) in [5.74, 6) is -2.22. The van der Waals surface area contributed by atoms with Gasteiger partial charge in [0.25, 0.3) is 0 Å². The van der Waals surface area contributed by atoms with E-state index in [-0.39, 0.29) is 17.9 Å². The maximum atomic E-state index is 13.3. The van der Waals surface area contributed by atoms with Gasteiger partial charge in [-0.15, -0.1) is 10.2 Å². The average Bonchev–Trinajstić information content (AvgIpc) is 3.13. The van der Waals surface area contributed by atoms with Crippen molar-refractivity contribution in [2.45, 2.75) is 52.0 Å². The molecule has 0 spiro atoms. The van der Waals surface area contributed by atoms with Gasteiger partial charge in [0.05, 0.1) is 6.42 Å². The topological polar surface area (TPSA) is 96.0 Å². The van der Waals surface area contributed by atoms with Gasteiger partial charge in [0.1, 0.15) is 22.7 Å². The van der Waals surface area contributed by atoms with Crippen LogP contribution in [0.1, 0.15) is 50.1 Å². The largest absolute Gasteiger partial charge is 0.344 e. The van der Waals surface area contributed by atoms with E-state index >= 15 is 0 Å². The van der Waals surface area contributed by atoms with Gasteiger partial charge in [-0.25, -0.2) is 8.78 Å². The van der Waals surface area contributed by atoms with Crippen LogP contribution in [-0.4, -0.2) is 41.1 Å². The first-order valence-corrected chi connectivity index (χ1v) is 10.7. The number of amides is 2. The van der Waals surface area contributed by atoms with Crippen molar-refractivity contribution in [3.8, 4) is 0 Å². The Morgan fingerprint density at radius 1 is 1.13 bits per heavy atom. The summed E-state index contributed by atoms with van der Waals surface area (Å²) in [6, 6.07) is 2.11. The first kappa shape index (κ1) is 23.8. The molecule has 2 unspecified atom stereocenters. The van der Waals surface area contributed by atoms with E-state index in [2.05, 4.69) is 26.1 Å². The van der Waals surface area contributed by atoms with Crippen LogP contribution in [-0.2, 0) is 16.0 Å². The Hall–Kier alpha value is -2.46. The van der Waals surface area contributed by atoms with Crippen LogP contribution < -0.4 is 16.0 Å². The van der Waals surface area contributed by atoms with Crippen LogP contribution in [0.5, 0.6) is 0 Å². The number of carbonyl (C=O) groups excluding carboxylic acids is 2. The predicted molar refractivity (Wildman–Crippen MR) is 112 cm³/mol. The van der Waals surface area contributed by atoms with Crippen LogP contribution >= 0.6 is 11.3 Å². The van der Waals surface area contributed by atoms with Crippen molar-refractivity contribution in [1.82, 2.24) is 20.8 Å². The molecule has 0 bridgehead atoms. The first-order chi connectivity index (χ1) is 14.3. The van der Waals surface area contributed by atoms with Crippen molar-refractivity contribution in [3.63, 3.8) is 0 Å². The number of hydrogen-bond donors (Lipinski definition) is 3. The Kier molecular flexibility index (Phi) is 9.25. The van der Waals surface area contributed by atoms with Crippen LogP contribution in [0, 0.1) is 11.6 Å². The lowest BCUT2D eigenvalue weighted by molar-refractivity contribution is -0.126. The lowest BCUT2D eigenvalue weighted by Gasteiger charge is -2.16. The molecule has 7 nitrogen and oxygen atoms in total. The van der Waals surface area contributed by atoms with Gasteiger partial charge in [0, 0.05) is 12.0 Å². The summed E-state index contributed by atoms with van der Waals surface area (Å²) in [5.41, 5.74) is 0.195. The summed E-state index contributed by atoms with van der Waals surface area (Å²) in [4.78, 5) is 24.7. The zero-order chi connectivity index (χ0) is 22.1. The van der Waals surface area contributed by atoms with Gasteiger partial charge in [-0.1, -0.05) is 32.1 Å². The van der Waals surface area contributed by atoms with Crippen LogP contribution in [0.2, 0.25) is 0 Å². The molecule has 0 saturated heterocycles. The van der Waals surface area contributed by atoms with Gasteiger partial charge in [0.2, 0.25) is 16.9 Å². The van der Waals surface area contributed by atoms with E-state index in [1.165, 1.54) is 11.3 Å². The van der Waals surface area contributed by atoms with Gasteiger partial charge in [-0.05, 0) is 43.6 Å². The highest BCUT2D eigenvalue weighted by Gasteiger charge is 2.21. The maximum Gasteiger partial charge on any atom is 0.248 e. The molecule has 0 fully saturated rings. The van der Waals surface area contributed by atoms with E-state index in [1.807, 2.05) is 13.8 Å². The Morgan fingerprint density at radius 2 is 1.83 bits per heavy atom. The Morgan fingerprint density at radius 3 is 2.47 bits per heavy atom. The van der Waals surface area contributed by atoms with Crippen molar-refractivity contribution >= 4 is 28.3 Å². The third-order valence-electron chi connectivity index (χ3n) is 4.44. The van der Waals surface area contributed by atoms with Gasteiger partial charge >= 0.3 is 0 Å². The number of aromatic nitrogens is 2. The fourth-order valence-corrected chi connectivity index (χ4v) is 3.62. The zero-order valence-electron chi connectivity index (χ0n) is 17.3. The number of carbonyl (C=O) groups is 2. The molecule has 0 aliphatic heterocycles. The minimum absolute atomic E-state index is 0.195. The quantitative estimate of drug-likeness (QED) is 0.468. The van der Waals surface area contributed by atoms with Gasteiger partial charge in [-0.3, -0.25) is 14.9 Å². The van der Waals surface area contributed by atoms with E-state index < -0.39 is 29.5 Å². The molecule has 1 aromatic heterocycles.